The van der Waals surface area contributed by atoms with Crippen LogP contribution in [0.3, 0.4) is 0 Å². The number of rotatable bonds is 22. The van der Waals surface area contributed by atoms with Gasteiger partial charge in [-0.3, -0.25) is 0 Å². The molecule has 0 aliphatic rings. The van der Waals surface area contributed by atoms with Gasteiger partial charge in [-0.05, 0) is 42.9 Å². The van der Waals surface area contributed by atoms with Crippen molar-refractivity contribution in [1.29, 1.82) is 0 Å². The molecule has 0 saturated heterocycles. The highest BCUT2D eigenvalue weighted by atomic mass is 32.1. The number of hydrogen-bond donors (Lipinski definition) is 1. The Bertz CT molecular complexity index is 507. The molecule has 0 unspecified atom stereocenters. The number of benzene rings is 1. The van der Waals surface area contributed by atoms with Crippen LogP contribution in [0.15, 0.2) is 23.1 Å². The van der Waals surface area contributed by atoms with Gasteiger partial charge in [0.1, 0.15) is 0 Å². The summed E-state index contributed by atoms with van der Waals surface area (Å²) in [6, 6.07) is 6.76. The third-order valence-corrected chi connectivity index (χ3v) is 7.25. The number of hydrogen-bond acceptors (Lipinski definition) is 1. The van der Waals surface area contributed by atoms with E-state index in [1.54, 1.807) is 11.1 Å². The van der Waals surface area contributed by atoms with E-state index in [4.69, 9.17) is 12.6 Å². The number of unbranched alkanes of at least 4 members (excludes halogenated alkanes) is 18. The van der Waals surface area contributed by atoms with Crippen LogP contribution < -0.4 is 0 Å². The lowest BCUT2D eigenvalue weighted by molar-refractivity contribution is 0.552. The van der Waals surface area contributed by atoms with E-state index in [9.17, 15) is 0 Å². The summed E-state index contributed by atoms with van der Waals surface area (Å²) in [6.07, 6.45) is 30.7. The van der Waals surface area contributed by atoms with Crippen LogP contribution in [0.2, 0.25) is 0 Å². The Morgan fingerprint density at radius 1 is 0.484 bits per heavy atom. The number of aryl methyl sites for hydroxylation is 1. The summed E-state index contributed by atoms with van der Waals surface area (Å²) in [5, 5.41) is 0. The van der Waals surface area contributed by atoms with Crippen molar-refractivity contribution in [2.24, 2.45) is 0 Å². The van der Waals surface area contributed by atoms with Gasteiger partial charge < -0.3 is 0 Å². The molecule has 0 atom stereocenters. The van der Waals surface area contributed by atoms with E-state index in [1.165, 1.54) is 146 Å². The normalized spacial score (nSPS) is 11.3. The monoisotopic (exact) mass is 446 g/mol. The van der Waals surface area contributed by atoms with Crippen LogP contribution in [0.25, 0.3) is 0 Å². The summed E-state index contributed by atoms with van der Waals surface area (Å²) >= 11 is 4.79. The Balaban J connectivity index is 2.11. The van der Waals surface area contributed by atoms with Crippen LogP contribution in [-0.4, -0.2) is 0 Å². The lowest BCUT2D eigenvalue weighted by Gasteiger charge is -2.12. The van der Waals surface area contributed by atoms with Crippen molar-refractivity contribution < 1.29 is 0 Å². The molecule has 0 heterocycles. The van der Waals surface area contributed by atoms with E-state index in [-0.39, 0.29) is 0 Å². The second kappa shape index (κ2) is 21.4. The fourth-order valence-electron chi connectivity index (χ4n) is 4.74. The predicted octanol–water partition coefficient (Wildman–Crippen LogP) is 10.9. The van der Waals surface area contributed by atoms with E-state index in [0.29, 0.717) is 0 Å². The third kappa shape index (κ3) is 15.9. The zero-order chi connectivity index (χ0) is 22.4. The van der Waals surface area contributed by atoms with Crippen LogP contribution in [0.4, 0.5) is 0 Å². The van der Waals surface area contributed by atoms with E-state index < -0.39 is 0 Å². The van der Waals surface area contributed by atoms with Crippen molar-refractivity contribution in [1.82, 2.24) is 0 Å². The highest BCUT2D eigenvalue weighted by Crippen LogP contribution is 2.24. The fourth-order valence-corrected chi connectivity index (χ4v) is 5.08. The second-order valence-corrected chi connectivity index (χ2v) is 10.3. The third-order valence-electron chi connectivity index (χ3n) is 6.83. The molecule has 31 heavy (non-hydrogen) atoms. The molecule has 0 fully saturated rings. The summed E-state index contributed by atoms with van der Waals surface area (Å²) in [6.45, 7) is 4.60. The highest BCUT2D eigenvalue weighted by molar-refractivity contribution is 7.80. The maximum atomic E-state index is 4.79. The molecule has 0 saturated carbocycles. The van der Waals surface area contributed by atoms with Crippen molar-refractivity contribution in [3.8, 4) is 0 Å². The van der Waals surface area contributed by atoms with Gasteiger partial charge in [0, 0.05) is 4.90 Å². The Morgan fingerprint density at radius 2 is 0.871 bits per heavy atom. The molecular formula is C30H54S. The van der Waals surface area contributed by atoms with Crippen molar-refractivity contribution in [2.45, 2.75) is 160 Å². The predicted molar refractivity (Wildman–Crippen MR) is 145 cm³/mol. The van der Waals surface area contributed by atoms with E-state index in [1.807, 2.05) is 0 Å². The molecule has 1 rings (SSSR count). The molecule has 1 aromatic rings. The van der Waals surface area contributed by atoms with Gasteiger partial charge in [-0.2, -0.15) is 0 Å². The first kappa shape index (κ1) is 28.6. The van der Waals surface area contributed by atoms with Gasteiger partial charge in [-0.1, -0.05) is 142 Å². The van der Waals surface area contributed by atoms with Gasteiger partial charge in [0.2, 0.25) is 0 Å². The smallest absolute Gasteiger partial charge is 0.00747 e. The molecule has 0 aromatic heterocycles. The average Bonchev–Trinajstić information content (AvgIpc) is 2.77. The Morgan fingerprint density at radius 3 is 1.32 bits per heavy atom. The van der Waals surface area contributed by atoms with E-state index >= 15 is 0 Å². The minimum Gasteiger partial charge on any atom is -0.143 e. The van der Waals surface area contributed by atoms with Gasteiger partial charge in [0.05, 0.1) is 0 Å². The van der Waals surface area contributed by atoms with Gasteiger partial charge in [0.15, 0.2) is 0 Å². The van der Waals surface area contributed by atoms with Gasteiger partial charge >= 0.3 is 0 Å². The topological polar surface area (TPSA) is 0 Å². The Hall–Kier alpha value is -0.430. The zero-order valence-corrected chi connectivity index (χ0v) is 22.1. The van der Waals surface area contributed by atoms with Crippen LogP contribution >= 0.6 is 12.6 Å². The van der Waals surface area contributed by atoms with Crippen LogP contribution in [-0.2, 0) is 12.8 Å². The summed E-state index contributed by atoms with van der Waals surface area (Å²) in [4.78, 5) is 1.22. The molecule has 1 heteroatoms. The SMILES string of the molecule is CCCCCCCCCCCCc1cccc(S)c1CCCCCCCCCCCC. The Labute approximate surface area is 201 Å². The van der Waals surface area contributed by atoms with E-state index in [0.717, 1.165) is 0 Å². The first-order valence-corrected chi connectivity index (χ1v) is 14.5. The zero-order valence-electron chi connectivity index (χ0n) is 21.2. The van der Waals surface area contributed by atoms with Gasteiger partial charge in [0.25, 0.3) is 0 Å². The molecule has 0 N–H and O–H groups in total. The van der Waals surface area contributed by atoms with Crippen molar-refractivity contribution in [3.63, 3.8) is 0 Å². The first-order chi connectivity index (χ1) is 15.3. The van der Waals surface area contributed by atoms with Crippen molar-refractivity contribution >= 4 is 12.6 Å². The summed E-state index contributed by atoms with van der Waals surface area (Å²) in [5.41, 5.74) is 3.12. The first-order valence-electron chi connectivity index (χ1n) is 14.1. The van der Waals surface area contributed by atoms with Gasteiger partial charge in [-0.25, -0.2) is 0 Å². The van der Waals surface area contributed by atoms with Crippen LogP contribution in [0, 0.1) is 0 Å². The molecule has 180 valence electrons. The average molecular weight is 447 g/mol. The Kier molecular flexibility index (Phi) is 19.8. The summed E-state index contributed by atoms with van der Waals surface area (Å²) in [7, 11) is 0. The molecule has 0 spiro atoms. The molecule has 0 radical (unpaired) electrons. The maximum absolute atomic E-state index is 4.79. The van der Waals surface area contributed by atoms with Crippen molar-refractivity contribution in [3.05, 3.63) is 29.3 Å². The lowest BCUT2D eigenvalue weighted by atomic mass is 9.96. The largest absolute Gasteiger partial charge is 0.143 e. The van der Waals surface area contributed by atoms with Crippen LogP contribution in [0.5, 0.6) is 0 Å². The van der Waals surface area contributed by atoms with Crippen molar-refractivity contribution in [2.75, 3.05) is 0 Å². The molecule has 0 aliphatic heterocycles. The summed E-state index contributed by atoms with van der Waals surface area (Å²) < 4.78 is 0. The molecule has 0 amide bonds. The fraction of sp³-hybridized carbons (Fsp3) is 0.800. The standard InChI is InChI=1S/C30H54S/c1-3-5-7-9-11-13-15-17-19-21-24-28-25-23-27-30(31)29(28)26-22-20-18-16-14-12-10-8-6-4-2/h23,25,27,31H,3-22,24,26H2,1-2H3. The minimum absolute atomic E-state index is 1.22. The number of thiol groups is 1. The second-order valence-electron chi connectivity index (χ2n) is 9.78. The molecule has 0 bridgehead atoms. The minimum atomic E-state index is 1.22. The molecule has 0 aliphatic carbocycles. The quantitative estimate of drug-likeness (QED) is 0.133. The highest BCUT2D eigenvalue weighted by Gasteiger charge is 2.06. The molecular weight excluding hydrogens is 392 g/mol. The molecule has 0 nitrogen and oxygen atoms in total. The molecule has 1 aromatic carbocycles. The summed E-state index contributed by atoms with van der Waals surface area (Å²) in [5.74, 6) is 0. The lowest BCUT2D eigenvalue weighted by Crippen LogP contribution is -1.97. The van der Waals surface area contributed by atoms with E-state index in [2.05, 4.69) is 32.0 Å². The van der Waals surface area contributed by atoms with Gasteiger partial charge in [-0.15, -0.1) is 12.6 Å². The maximum Gasteiger partial charge on any atom is 0.00747 e. The van der Waals surface area contributed by atoms with Crippen LogP contribution in [0.1, 0.15) is 153 Å².